The normalized spacial score (nSPS) is 19.4. The zero-order chi connectivity index (χ0) is 17.7. The van der Waals surface area contributed by atoms with Crippen LogP contribution in [0.4, 0.5) is 0 Å². The Balaban J connectivity index is 1.74. The van der Waals surface area contributed by atoms with Gasteiger partial charge in [0, 0.05) is 37.7 Å². The van der Waals surface area contributed by atoms with Crippen LogP contribution < -0.4 is 5.32 Å². The predicted octanol–water partition coefficient (Wildman–Crippen LogP) is 1.28. The SMILES string of the molecule is Cc1[nH]nc(CCC(=O)NCC[C@@H]2CCCCN2S(C)(=O)=O)c1C. The minimum absolute atomic E-state index is 0.00489. The molecule has 0 bridgehead atoms. The van der Waals surface area contributed by atoms with Gasteiger partial charge in [0.25, 0.3) is 0 Å². The highest BCUT2D eigenvalue weighted by Gasteiger charge is 2.28. The van der Waals surface area contributed by atoms with Gasteiger partial charge in [-0.15, -0.1) is 0 Å². The maximum atomic E-state index is 12.0. The molecule has 1 aliphatic rings. The molecule has 7 nitrogen and oxygen atoms in total. The van der Waals surface area contributed by atoms with Crippen LogP contribution in [0.3, 0.4) is 0 Å². The molecule has 1 amide bonds. The molecule has 2 heterocycles. The van der Waals surface area contributed by atoms with Crippen LogP contribution in [0.15, 0.2) is 0 Å². The number of nitrogens with one attached hydrogen (secondary N) is 2. The van der Waals surface area contributed by atoms with Crippen molar-refractivity contribution in [3.05, 3.63) is 17.0 Å². The van der Waals surface area contributed by atoms with Gasteiger partial charge in [-0.05, 0) is 38.7 Å². The van der Waals surface area contributed by atoms with E-state index in [-0.39, 0.29) is 11.9 Å². The fraction of sp³-hybridized carbons (Fsp3) is 0.750. The molecule has 1 saturated heterocycles. The third-order valence-electron chi connectivity index (χ3n) is 4.74. The molecule has 1 atom stereocenters. The lowest BCUT2D eigenvalue weighted by atomic mass is 10.0. The topological polar surface area (TPSA) is 95.2 Å². The van der Waals surface area contributed by atoms with E-state index in [0.29, 0.717) is 32.4 Å². The van der Waals surface area contributed by atoms with Gasteiger partial charge in [-0.3, -0.25) is 9.89 Å². The Morgan fingerprint density at radius 1 is 1.38 bits per heavy atom. The molecule has 1 fully saturated rings. The molecule has 0 unspecified atom stereocenters. The van der Waals surface area contributed by atoms with Crippen LogP contribution in [0.2, 0.25) is 0 Å². The molecule has 0 aromatic carbocycles. The van der Waals surface area contributed by atoms with Gasteiger partial charge < -0.3 is 5.32 Å². The average Bonchev–Trinajstić information content (AvgIpc) is 2.84. The first-order valence-electron chi connectivity index (χ1n) is 8.53. The number of H-pyrrole nitrogens is 1. The molecular weight excluding hydrogens is 328 g/mol. The highest BCUT2D eigenvalue weighted by molar-refractivity contribution is 7.88. The van der Waals surface area contributed by atoms with Crippen LogP contribution in [0.1, 0.15) is 49.1 Å². The lowest BCUT2D eigenvalue weighted by Crippen LogP contribution is -2.44. The van der Waals surface area contributed by atoms with E-state index in [1.54, 1.807) is 4.31 Å². The van der Waals surface area contributed by atoms with Gasteiger partial charge in [0.15, 0.2) is 0 Å². The van der Waals surface area contributed by atoms with Gasteiger partial charge in [0.2, 0.25) is 15.9 Å². The lowest BCUT2D eigenvalue weighted by Gasteiger charge is -2.33. The number of hydrogen-bond donors (Lipinski definition) is 2. The number of aromatic nitrogens is 2. The van der Waals surface area contributed by atoms with Gasteiger partial charge in [-0.25, -0.2) is 8.42 Å². The summed E-state index contributed by atoms with van der Waals surface area (Å²) in [6.07, 6.45) is 5.76. The second-order valence-electron chi connectivity index (χ2n) is 6.58. The summed E-state index contributed by atoms with van der Waals surface area (Å²) in [5.41, 5.74) is 3.07. The van der Waals surface area contributed by atoms with Crippen LogP contribution >= 0.6 is 0 Å². The van der Waals surface area contributed by atoms with Crippen LogP contribution in [0, 0.1) is 13.8 Å². The summed E-state index contributed by atoms with van der Waals surface area (Å²) in [7, 11) is -3.17. The summed E-state index contributed by atoms with van der Waals surface area (Å²) in [5, 5.41) is 10.0. The van der Waals surface area contributed by atoms with Crippen LogP contribution in [0.5, 0.6) is 0 Å². The van der Waals surface area contributed by atoms with E-state index < -0.39 is 10.0 Å². The van der Waals surface area contributed by atoms with E-state index in [4.69, 9.17) is 0 Å². The minimum atomic E-state index is -3.17. The molecule has 136 valence electrons. The monoisotopic (exact) mass is 356 g/mol. The van der Waals surface area contributed by atoms with Gasteiger partial charge in [-0.1, -0.05) is 6.42 Å². The molecule has 0 radical (unpaired) electrons. The highest BCUT2D eigenvalue weighted by atomic mass is 32.2. The summed E-state index contributed by atoms with van der Waals surface area (Å²) >= 11 is 0. The molecule has 2 N–H and O–H groups in total. The van der Waals surface area contributed by atoms with Crippen LogP contribution in [0.25, 0.3) is 0 Å². The first-order valence-corrected chi connectivity index (χ1v) is 10.4. The van der Waals surface area contributed by atoms with Gasteiger partial charge in [-0.2, -0.15) is 9.40 Å². The number of aromatic amines is 1. The number of nitrogens with zero attached hydrogens (tertiary/aromatic N) is 2. The molecule has 1 aliphatic heterocycles. The highest BCUT2D eigenvalue weighted by Crippen LogP contribution is 2.21. The maximum absolute atomic E-state index is 12.0. The number of aryl methyl sites for hydroxylation is 2. The van der Waals surface area contributed by atoms with Crippen molar-refractivity contribution < 1.29 is 13.2 Å². The molecule has 1 aromatic heterocycles. The van der Waals surface area contributed by atoms with Crippen molar-refractivity contribution in [1.29, 1.82) is 0 Å². The Bertz CT molecular complexity index is 669. The summed E-state index contributed by atoms with van der Waals surface area (Å²) in [6, 6.07) is 0.00489. The van der Waals surface area contributed by atoms with E-state index in [1.165, 1.54) is 6.26 Å². The van der Waals surface area contributed by atoms with Crippen LogP contribution in [-0.4, -0.2) is 54.2 Å². The number of carbonyl (C=O) groups excluding carboxylic acids is 1. The largest absolute Gasteiger partial charge is 0.356 e. The van der Waals surface area contributed by atoms with Crippen molar-refractivity contribution in [2.45, 2.75) is 58.4 Å². The lowest BCUT2D eigenvalue weighted by molar-refractivity contribution is -0.121. The summed E-state index contributed by atoms with van der Waals surface area (Å²) in [5.74, 6) is -0.0169. The molecule has 0 spiro atoms. The number of piperidine rings is 1. The number of hydrogen-bond acceptors (Lipinski definition) is 4. The maximum Gasteiger partial charge on any atom is 0.220 e. The molecule has 0 aliphatic carbocycles. The predicted molar refractivity (Wildman–Crippen MR) is 93.2 cm³/mol. The summed E-state index contributed by atoms with van der Waals surface area (Å²) in [4.78, 5) is 12.0. The second-order valence-corrected chi connectivity index (χ2v) is 8.52. The Morgan fingerprint density at radius 3 is 2.75 bits per heavy atom. The Hall–Kier alpha value is -1.41. The standard InChI is InChI=1S/C16H28N4O3S/c1-12-13(2)18-19-15(12)7-8-16(21)17-10-9-14-6-4-5-11-20(14)24(3,22)23/h14H,4-11H2,1-3H3,(H,17,21)(H,18,19)/t14-/m0/s1. The Kier molecular flexibility index (Phi) is 6.40. The zero-order valence-electron chi connectivity index (χ0n) is 14.8. The van der Waals surface area contributed by atoms with E-state index in [0.717, 1.165) is 36.2 Å². The minimum Gasteiger partial charge on any atom is -0.356 e. The molecule has 24 heavy (non-hydrogen) atoms. The van der Waals surface area contributed by atoms with Crippen molar-refractivity contribution in [2.75, 3.05) is 19.3 Å². The number of carbonyl (C=O) groups is 1. The van der Waals surface area contributed by atoms with Gasteiger partial charge in [0.05, 0.1) is 11.9 Å². The molecule has 1 aromatic rings. The van der Waals surface area contributed by atoms with Crippen molar-refractivity contribution in [3.8, 4) is 0 Å². The second kappa shape index (κ2) is 8.11. The Morgan fingerprint density at radius 2 is 2.12 bits per heavy atom. The zero-order valence-corrected chi connectivity index (χ0v) is 15.6. The van der Waals surface area contributed by atoms with Crippen molar-refractivity contribution in [3.63, 3.8) is 0 Å². The summed E-state index contributed by atoms with van der Waals surface area (Å²) in [6.45, 7) is 5.06. The third kappa shape index (κ3) is 5.04. The molecular formula is C16H28N4O3S. The first-order chi connectivity index (χ1) is 11.3. The molecule has 8 heteroatoms. The van der Waals surface area contributed by atoms with E-state index in [9.17, 15) is 13.2 Å². The van der Waals surface area contributed by atoms with Crippen molar-refractivity contribution in [2.24, 2.45) is 0 Å². The fourth-order valence-electron chi connectivity index (χ4n) is 3.18. The fourth-order valence-corrected chi connectivity index (χ4v) is 4.39. The van der Waals surface area contributed by atoms with E-state index in [1.807, 2.05) is 13.8 Å². The average molecular weight is 356 g/mol. The Labute approximate surface area is 144 Å². The molecule has 0 saturated carbocycles. The van der Waals surface area contributed by atoms with Gasteiger partial charge >= 0.3 is 0 Å². The van der Waals surface area contributed by atoms with E-state index >= 15 is 0 Å². The smallest absolute Gasteiger partial charge is 0.220 e. The van der Waals surface area contributed by atoms with Crippen LogP contribution in [-0.2, 0) is 21.2 Å². The summed E-state index contributed by atoms with van der Waals surface area (Å²) < 4.78 is 25.2. The number of sulfonamides is 1. The van der Waals surface area contributed by atoms with Gasteiger partial charge in [0.1, 0.15) is 0 Å². The van der Waals surface area contributed by atoms with Crippen molar-refractivity contribution >= 4 is 15.9 Å². The quantitative estimate of drug-likeness (QED) is 0.769. The number of rotatable bonds is 7. The van der Waals surface area contributed by atoms with E-state index in [2.05, 4.69) is 15.5 Å². The first kappa shape index (κ1) is 18.9. The van der Waals surface area contributed by atoms with Crippen molar-refractivity contribution in [1.82, 2.24) is 19.8 Å². The molecule has 2 rings (SSSR count). The number of amides is 1. The third-order valence-corrected chi connectivity index (χ3v) is 6.07.